The van der Waals surface area contributed by atoms with Gasteiger partial charge in [-0.25, -0.2) is 4.98 Å². The van der Waals surface area contributed by atoms with Crippen LogP contribution in [-0.4, -0.2) is 56.1 Å². The minimum absolute atomic E-state index is 0.0272. The Morgan fingerprint density at radius 3 is 2.56 bits per heavy atom. The molecule has 1 aromatic carbocycles. The number of nitrogens with one attached hydrogen (secondary N) is 1. The Bertz CT molecular complexity index is 1210. The number of amides is 2. The second-order valence-electron chi connectivity index (χ2n) is 9.34. The van der Waals surface area contributed by atoms with Gasteiger partial charge in [0, 0.05) is 30.6 Å². The lowest BCUT2D eigenvalue weighted by atomic mass is 9.91. The molecule has 3 aromatic rings. The monoisotopic (exact) mass is 511 g/mol. The smallest absolute Gasteiger partial charge is 0.243 e. The van der Waals surface area contributed by atoms with Gasteiger partial charge in [-0.3, -0.25) is 14.6 Å². The molecule has 1 saturated heterocycles. The van der Waals surface area contributed by atoms with Crippen LogP contribution in [0, 0.1) is 12.8 Å². The van der Waals surface area contributed by atoms with Crippen LogP contribution in [0.25, 0.3) is 11.3 Å². The number of aryl methyl sites for hydroxylation is 1. The van der Waals surface area contributed by atoms with Crippen molar-refractivity contribution in [2.24, 2.45) is 5.92 Å². The number of likely N-dealkylation sites (tertiary alicyclic amines) is 1. The molecule has 1 aliphatic rings. The maximum atomic E-state index is 13.5. The quantitative estimate of drug-likeness (QED) is 0.473. The fourth-order valence-corrected chi connectivity index (χ4v) is 4.85. The first-order valence-electron chi connectivity index (χ1n) is 12.0. The van der Waals surface area contributed by atoms with Gasteiger partial charge in [-0.2, -0.15) is 0 Å². The van der Waals surface area contributed by atoms with Crippen LogP contribution in [0.15, 0.2) is 47.2 Å². The SMILES string of the molecule is Cc1cc([C@H](C(=O)N2CCC[C@H]2C(=O)N[C@@H](CO)c2ccc(-c3nccnc3Cl)cc2)C(C)C)on1. The summed E-state index contributed by atoms with van der Waals surface area (Å²) in [6.45, 7) is 5.91. The van der Waals surface area contributed by atoms with Crippen LogP contribution in [0.4, 0.5) is 0 Å². The van der Waals surface area contributed by atoms with Crippen LogP contribution in [0.1, 0.15) is 55.7 Å². The molecule has 36 heavy (non-hydrogen) atoms. The second-order valence-corrected chi connectivity index (χ2v) is 9.70. The number of aliphatic hydroxyl groups excluding tert-OH is 1. The number of nitrogens with zero attached hydrogens (tertiary/aromatic N) is 4. The number of hydrogen-bond donors (Lipinski definition) is 2. The average Bonchev–Trinajstić information content (AvgIpc) is 3.52. The van der Waals surface area contributed by atoms with Gasteiger partial charge in [0.25, 0.3) is 0 Å². The second kappa shape index (κ2) is 11.2. The fraction of sp³-hybridized carbons (Fsp3) is 0.423. The zero-order chi connectivity index (χ0) is 25.8. The molecule has 9 nitrogen and oxygen atoms in total. The van der Waals surface area contributed by atoms with Crippen molar-refractivity contribution in [2.75, 3.05) is 13.2 Å². The van der Waals surface area contributed by atoms with E-state index in [9.17, 15) is 14.7 Å². The minimum Gasteiger partial charge on any atom is -0.394 e. The Kier molecular flexibility index (Phi) is 8.01. The maximum Gasteiger partial charge on any atom is 0.243 e. The third-order valence-electron chi connectivity index (χ3n) is 6.46. The van der Waals surface area contributed by atoms with E-state index in [0.717, 1.165) is 17.5 Å². The van der Waals surface area contributed by atoms with E-state index in [4.69, 9.17) is 16.1 Å². The van der Waals surface area contributed by atoms with Crippen molar-refractivity contribution in [1.29, 1.82) is 0 Å². The van der Waals surface area contributed by atoms with Crippen molar-refractivity contribution >= 4 is 23.4 Å². The van der Waals surface area contributed by atoms with E-state index in [1.165, 1.54) is 6.20 Å². The largest absolute Gasteiger partial charge is 0.394 e. The number of aliphatic hydroxyl groups is 1. The molecule has 4 rings (SSSR count). The van der Waals surface area contributed by atoms with Crippen molar-refractivity contribution in [3.8, 4) is 11.3 Å². The van der Waals surface area contributed by atoms with Crippen LogP contribution < -0.4 is 5.32 Å². The Morgan fingerprint density at radius 2 is 1.94 bits per heavy atom. The third-order valence-corrected chi connectivity index (χ3v) is 6.74. The lowest BCUT2D eigenvalue weighted by Crippen LogP contribution is -2.49. The van der Waals surface area contributed by atoms with Gasteiger partial charge in [-0.15, -0.1) is 0 Å². The molecule has 0 unspecified atom stereocenters. The Labute approximate surface area is 214 Å². The molecule has 3 heterocycles. The van der Waals surface area contributed by atoms with E-state index in [2.05, 4.69) is 20.4 Å². The lowest BCUT2D eigenvalue weighted by molar-refractivity contribution is -0.141. The molecule has 0 spiro atoms. The highest BCUT2D eigenvalue weighted by molar-refractivity contribution is 6.31. The fourth-order valence-electron chi connectivity index (χ4n) is 4.64. The van der Waals surface area contributed by atoms with Crippen LogP contribution in [0.2, 0.25) is 5.15 Å². The molecule has 10 heteroatoms. The van der Waals surface area contributed by atoms with Crippen molar-refractivity contribution in [3.63, 3.8) is 0 Å². The number of aromatic nitrogens is 3. The number of carbonyl (C=O) groups excluding carboxylic acids is 2. The van der Waals surface area contributed by atoms with E-state index < -0.39 is 18.0 Å². The summed E-state index contributed by atoms with van der Waals surface area (Å²) >= 11 is 6.14. The Morgan fingerprint density at radius 1 is 1.22 bits per heavy atom. The zero-order valence-electron chi connectivity index (χ0n) is 20.5. The Balaban J connectivity index is 1.48. The molecule has 1 fully saturated rings. The van der Waals surface area contributed by atoms with Gasteiger partial charge in [-0.05, 0) is 31.2 Å². The highest BCUT2D eigenvalue weighted by Gasteiger charge is 2.40. The molecule has 3 atom stereocenters. The van der Waals surface area contributed by atoms with Gasteiger partial charge in [0.15, 0.2) is 5.15 Å². The highest BCUT2D eigenvalue weighted by Crippen LogP contribution is 2.31. The van der Waals surface area contributed by atoms with Crippen molar-refractivity contribution < 1.29 is 19.2 Å². The minimum atomic E-state index is -0.626. The molecule has 2 N–H and O–H groups in total. The van der Waals surface area contributed by atoms with E-state index >= 15 is 0 Å². The molecule has 190 valence electrons. The summed E-state index contributed by atoms with van der Waals surface area (Å²) in [6.07, 6.45) is 4.36. The van der Waals surface area contributed by atoms with Gasteiger partial charge in [0.05, 0.1) is 18.3 Å². The summed E-state index contributed by atoms with van der Waals surface area (Å²) in [5, 5.41) is 17.2. The molecule has 2 aromatic heterocycles. The molecule has 0 radical (unpaired) electrons. The van der Waals surface area contributed by atoms with Crippen LogP contribution in [0.3, 0.4) is 0 Å². The normalized spacial score (nSPS) is 17.3. The summed E-state index contributed by atoms with van der Waals surface area (Å²) in [4.78, 5) is 36.7. The third kappa shape index (κ3) is 5.42. The topological polar surface area (TPSA) is 121 Å². The van der Waals surface area contributed by atoms with E-state index in [1.807, 2.05) is 32.9 Å². The van der Waals surface area contributed by atoms with Crippen LogP contribution >= 0.6 is 11.6 Å². The first kappa shape index (κ1) is 25.8. The number of hydrogen-bond acceptors (Lipinski definition) is 7. The summed E-state index contributed by atoms with van der Waals surface area (Å²) in [5.41, 5.74) is 2.76. The summed E-state index contributed by atoms with van der Waals surface area (Å²) in [7, 11) is 0. The van der Waals surface area contributed by atoms with Crippen molar-refractivity contribution in [3.05, 3.63) is 64.9 Å². The van der Waals surface area contributed by atoms with Gasteiger partial charge in [0.2, 0.25) is 11.8 Å². The first-order chi connectivity index (χ1) is 17.3. The van der Waals surface area contributed by atoms with E-state index in [-0.39, 0.29) is 24.3 Å². The number of carbonyl (C=O) groups is 2. The first-order valence-corrected chi connectivity index (χ1v) is 12.4. The number of halogens is 1. The van der Waals surface area contributed by atoms with Crippen LogP contribution in [-0.2, 0) is 9.59 Å². The molecular formula is C26H30ClN5O4. The molecular weight excluding hydrogens is 482 g/mol. The summed E-state index contributed by atoms with van der Waals surface area (Å²) < 4.78 is 5.41. The molecule has 0 saturated carbocycles. The summed E-state index contributed by atoms with van der Waals surface area (Å²) in [6, 6.07) is 7.78. The number of benzene rings is 1. The molecule has 0 bridgehead atoms. The van der Waals surface area contributed by atoms with Gasteiger partial charge in [-0.1, -0.05) is 54.9 Å². The van der Waals surface area contributed by atoms with Crippen molar-refractivity contribution in [1.82, 2.24) is 25.3 Å². The summed E-state index contributed by atoms with van der Waals surface area (Å²) in [5.74, 6) is -0.480. The Hall–Kier alpha value is -3.30. The average molecular weight is 512 g/mol. The lowest BCUT2D eigenvalue weighted by Gasteiger charge is -2.30. The van der Waals surface area contributed by atoms with E-state index in [1.54, 1.807) is 29.3 Å². The van der Waals surface area contributed by atoms with Crippen LogP contribution in [0.5, 0.6) is 0 Å². The molecule has 2 amide bonds. The van der Waals surface area contributed by atoms with Crippen molar-refractivity contribution in [2.45, 2.75) is 51.6 Å². The molecule has 1 aliphatic heterocycles. The maximum absolute atomic E-state index is 13.5. The van der Waals surface area contributed by atoms with Gasteiger partial charge < -0.3 is 19.8 Å². The highest BCUT2D eigenvalue weighted by atomic mass is 35.5. The predicted octanol–water partition coefficient (Wildman–Crippen LogP) is 3.67. The predicted molar refractivity (Wildman–Crippen MR) is 134 cm³/mol. The van der Waals surface area contributed by atoms with E-state index in [0.29, 0.717) is 35.3 Å². The van der Waals surface area contributed by atoms with Gasteiger partial charge >= 0.3 is 0 Å². The number of rotatable bonds is 8. The molecule has 0 aliphatic carbocycles. The zero-order valence-corrected chi connectivity index (χ0v) is 21.3. The van der Waals surface area contributed by atoms with Gasteiger partial charge in [0.1, 0.15) is 23.4 Å². The standard InChI is InChI=1S/C26H30ClN5O4/c1-15(2)22(21-13-16(3)31-36-21)26(35)32-12-4-5-20(32)25(34)30-19(14-33)17-6-8-18(9-7-17)23-24(27)29-11-10-28-23/h6-11,13,15,19-20,22,33H,4-5,12,14H2,1-3H3,(H,30,34)/t19-,20-,22+/m0/s1.